The van der Waals surface area contributed by atoms with Gasteiger partial charge in [-0.25, -0.2) is 4.98 Å². The molecule has 0 spiro atoms. The van der Waals surface area contributed by atoms with Crippen LogP contribution in [0.25, 0.3) is 0 Å². The average molecular weight is 335 g/mol. The average Bonchev–Trinajstić information content (AvgIpc) is 2.47. The highest BCUT2D eigenvalue weighted by atomic mass is 79.9. The smallest absolute Gasteiger partial charge is 0.251 e. The number of carbonyl (C=O) groups excluding carboxylic acids is 1. The number of hydrogen-bond acceptors (Lipinski definition) is 3. The zero-order valence-electron chi connectivity index (χ0n) is 11.3. The maximum absolute atomic E-state index is 12.1. The first kappa shape index (κ1) is 14.5. The number of hydrogen-bond donors (Lipinski definition) is 1. The van der Waals surface area contributed by atoms with Crippen LogP contribution in [-0.4, -0.2) is 18.0 Å². The summed E-state index contributed by atoms with van der Waals surface area (Å²) in [5.74, 6) is 0.427. The van der Waals surface area contributed by atoms with E-state index in [9.17, 15) is 4.79 Å². The molecule has 0 atom stereocenters. The van der Waals surface area contributed by atoms with Crippen LogP contribution >= 0.6 is 15.9 Å². The van der Waals surface area contributed by atoms with E-state index in [2.05, 4.69) is 26.2 Å². The van der Waals surface area contributed by atoms with Gasteiger partial charge in [0.2, 0.25) is 5.88 Å². The minimum absolute atomic E-state index is 0.110. The van der Waals surface area contributed by atoms with E-state index in [0.29, 0.717) is 18.0 Å². The first-order valence-corrected chi connectivity index (χ1v) is 6.92. The number of carbonyl (C=O) groups is 1. The molecule has 1 heterocycles. The standard InChI is InChI=1S/C15H15BrN2O2/c1-10-3-4-12(8-13(10)16)15(19)18-9-11-5-6-17-14(7-11)20-2/h3-8H,9H2,1-2H3,(H,18,19). The Hall–Kier alpha value is -1.88. The van der Waals surface area contributed by atoms with Gasteiger partial charge in [0.1, 0.15) is 0 Å². The molecule has 5 heteroatoms. The van der Waals surface area contributed by atoms with Crippen LogP contribution in [-0.2, 0) is 6.54 Å². The summed E-state index contributed by atoms with van der Waals surface area (Å²) in [4.78, 5) is 16.1. The highest BCUT2D eigenvalue weighted by Crippen LogP contribution is 2.17. The van der Waals surface area contributed by atoms with Gasteiger partial charge in [-0.05, 0) is 36.2 Å². The summed E-state index contributed by atoms with van der Waals surface area (Å²) in [5, 5.41) is 2.87. The van der Waals surface area contributed by atoms with Crippen molar-refractivity contribution in [3.05, 3.63) is 57.7 Å². The van der Waals surface area contributed by atoms with Crippen molar-refractivity contribution in [1.82, 2.24) is 10.3 Å². The molecule has 4 nitrogen and oxygen atoms in total. The highest BCUT2D eigenvalue weighted by molar-refractivity contribution is 9.10. The first-order valence-electron chi connectivity index (χ1n) is 6.13. The number of halogens is 1. The van der Waals surface area contributed by atoms with Crippen LogP contribution in [0.2, 0.25) is 0 Å². The number of benzene rings is 1. The van der Waals surface area contributed by atoms with Gasteiger partial charge in [-0.2, -0.15) is 0 Å². The molecule has 2 rings (SSSR count). The fourth-order valence-electron chi connectivity index (χ4n) is 1.69. The number of ether oxygens (including phenoxy) is 1. The van der Waals surface area contributed by atoms with Crippen LogP contribution in [0.3, 0.4) is 0 Å². The maximum Gasteiger partial charge on any atom is 0.251 e. The number of nitrogens with zero attached hydrogens (tertiary/aromatic N) is 1. The summed E-state index contributed by atoms with van der Waals surface area (Å²) in [7, 11) is 1.56. The van der Waals surface area contributed by atoms with E-state index in [1.165, 1.54) is 0 Å². The van der Waals surface area contributed by atoms with Crippen molar-refractivity contribution in [3.8, 4) is 5.88 Å². The Morgan fingerprint density at radius 3 is 2.85 bits per heavy atom. The van der Waals surface area contributed by atoms with Crippen LogP contribution < -0.4 is 10.1 Å². The molecule has 0 radical (unpaired) electrons. The fraction of sp³-hybridized carbons (Fsp3) is 0.200. The SMILES string of the molecule is COc1cc(CNC(=O)c2ccc(C)c(Br)c2)ccn1. The lowest BCUT2D eigenvalue weighted by molar-refractivity contribution is 0.0951. The summed E-state index contributed by atoms with van der Waals surface area (Å²) in [6, 6.07) is 9.17. The summed E-state index contributed by atoms with van der Waals surface area (Å²) in [6.07, 6.45) is 1.66. The topological polar surface area (TPSA) is 51.2 Å². The van der Waals surface area contributed by atoms with Crippen molar-refractivity contribution in [2.45, 2.75) is 13.5 Å². The Kier molecular flexibility index (Phi) is 4.74. The summed E-state index contributed by atoms with van der Waals surface area (Å²) in [6.45, 7) is 2.41. The van der Waals surface area contributed by atoms with E-state index in [1.54, 1.807) is 19.4 Å². The third-order valence-corrected chi connectivity index (χ3v) is 3.75. The van der Waals surface area contributed by atoms with Gasteiger partial charge in [0, 0.05) is 28.8 Å². The molecule has 0 unspecified atom stereocenters. The van der Waals surface area contributed by atoms with E-state index >= 15 is 0 Å². The Morgan fingerprint density at radius 2 is 2.15 bits per heavy atom. The molecular formula is C15H15BrN2O2. The molecule has 0 saturated carbocycles. The number of nitrogens with one attached hydrogen (secondary N) is 1. The van der Waals surface area contributed by atoms with Crippen molar-refractivity contribution >= 4 is 21.8 Å². The van der Waals surface area contributed by atoms with E-state index in [4.69, 9.17) is 4.74 Å². The lowest BCUT2D eigenvalue weighted by Gasteiger charge is -2.07. The van der Waals surface area contributed by atoms with E-state index in [-0.39, 0.29) is 5.91 Å². The zero-order valence-corrected chi connectivity index (χ0v) is 12.9. The largest absolute Gasteiger partial charge is 0.481 e. The lowest BCUT2D eigenvalue weighted by Crippen LogP contribution is -2.22. The summed E-state index contributed by atoms with van der Waals surface area (Å²) in [5.41, 5.74) is 2.67. The van der Waals surface area contributed by atoms with E-state index in [1.807, 2.05) is 31.2 Å². The van der Waals surface area contributed by atoms with E-state index < -0.39 is 0 Å². The molecule has 1 aromatic carbocycles. The molecule has 0 bridgehead atoms. The van der Waals surface area contributed by atoms with Gasteiger partial charge in [-0.1, -0.05) is 22.0 Å². The maximum atomic E-state index is 12.1. The number of aromatic nitrogens is 1. The van der Waals surface area contributed by atoms with Crippen molar-refractivity contribution in [1.29, 1.82) is 0 Å². The quantitative estimate of drug-likeness (QED) is 0.934. The number of rotatable bonds is 4. The second-order valence-electron chi connectivity index (χ2n) is 4.35. The second kappa shape index (κ2) is 6.52. The third kappa shape index (κ3) is 3.57. The Balaban J connectivity index is 2.02. The minimum atomic E-state index is -0.110. The molecule has 0 aliphatic rings. The number of aryl methyl sites for hydroxylation is 1. The third-order valence-electron chi connectivity index (χ3n) is 2.90. The van der Waals surface area contributed by atoms with Gasteiger partial charge in [0.15, 0.2) is 0 Å². The van der Waals surface area contributed by atoms with Crippen LogP contribution in [0, 0.1) is 6.92 Å². The predicted octanol–water partition coefficient (Wildman–Crippen LogP) is 3.09. The van der Waals surface area contributed by atoms with Crippen LogP contribution in [0.15, 0.2) is 41.0 Å². The molecule has 2 aromatic rings. The van der Waals surface area contributed by atoms with Gasteiger partial charge >= 0.3 is 0 Å². The molecule has 0 aliphatic carbocycles. The molecule has 1 aromatic heterocycles. The number of pyridine rings is 1. The molecule has 20 heavy (non-hydrogen) atoms. The van der Waals surface area contributed by atoms with Gasteiger partial charge in [-0.3, -0.25) is 4.79 Å². The highest BCUT2D eigenvalue weighted by Gasteiger charge is 2.07. The molecule has 0 aliphatic heterocycles. The Bertz CT molecular complexity index is 629. The van der Waals surface area contributed by atoms with Crippen LogP contribution in [0.1, 0.15) is 21.5 Å². The van der Waals surface area contributed by atoms with Crippen LogP contribution in [0.4, 0.5) is 0 Å². The van der Waals surface area contributed by atoms with Gasteiger partial charge in [-0.15, -0.1) is 0 Å². The molecule has 1 N–H and O–H groups in total. The fourth-order valence-corrected chi connectivity index (χ4v) is 2.07. The molecule has 0 saturated heterocycles. The van der Waals surface area contributed by atoms with Gasteiger partial charge < -0.3 is 10.1 Å². The first-order chi connectivity index (χ1) is 9.60. The molecule has 1 amide bonds. The summed E-state index contributed by atoms with van der Waals surface area (Å²) >= 11 is 3.42. The molecule has 0 fully saturated rings. The summed E-state index contributed by atoms with van der Waals surface area (Å²) < 4.78 is 5.97. The number of amides is 1. The Labute approximate surface area is 126 Å². The Morgan fingerprint density at radius 1 is 1.35 bits per heavy atom. The lowest BCUT2D eigenvalue weighted by atomic mass is 10.1. The minimum Gasteiger partial charge on any atom is -0.481 e. The van der Waals surface area contributed by atoms with Crippen LogP contribution in [0.5, 0.6) is 5.88 Å². The molecule has 104 valence electrons. The normalized spacial score (nSPS) is 10.2. The zero-order chi connectivity index (χ0) is 14.5. The number of methoxy groups -OCH3 is 1. The van der Waals surface area contributed by atoms with E-state index in [0.717, 1.165) is 15.6 Å². The van der Waals surface area contributed by atoms with Gasteiger partial charge in [0.25, 0.3) is 5.91 Å². The van der Waals surface area contributed by atoms with Crippen molar-refractivity contribution in [3.63, 3.8) is 0 Å². The molecular weight excluding hydrogens is 320 g/mol. The van der Waals surface area contributed by atoms with Gasteiger partial charge in [0.05, 0.1) is 7.11 Å². The van der Waals surface area contributed by atoms with Crippen molar-refractivity contribution in [2.24, 2.45) is 0 Å². The predicted molar refractivity (Wildman–Crippen MR) is 80.8 cm³/mol. The van der Waals surface area contributed by atoms with Crippen molar-refractivity contribution < 1.29 is 9.53 Å². The second-order valence-corrected chi connectivity index (χ2v) is 5.21. The monoisotopic (exact) mass is 334 g/mol. The van der Waals surface area contributed by atoms with Crippen molar-refractivity contribution in [2.75, 3.05) is 7.11 Å².